The quantitative estimate of drug-likeness (QED) is 0.765. The number of aromatic amines is 1. The van der Waals surface area contributed by atoms with Crippen LogP contribution in [0.4, 0.5) is 5.82 Å². The maximum absolute atomic E-state index is 11.9. The van der Waals surface area contributed by atoms with E-state index in [0.717, 1.165) is 10.6 Å². The summed E-state index contributed by atoms with van der Waals surface area (Å²) in [6, 6.07) is 14.9. The Labute approximate surface area is 114 Å². The molecule has 0 unspecified atom stereocenters. The summed E-state index contributed by atoms with van der Waals surface area (Å²) in [5, 5.41) is 11.8. The molecular formula is C14H11N3OS. The molecule has 0 fully saturated rings. The Morgan fingerprint density at radius 2 is 2.00 bits per heavy atom. The van der Waals surface area contributed by atoms with E-state index in [2.05, 4.69) is 15.5 Å². The molecule has 2 N–H and O–H groups in total. The molecule has 0 aliphatic heterocycles. The third-order valence-corrected chi connectivity index (χ3v) is 3.55. The molecule has 2 aromatic heterocycles. The van der Waals surface area contributed by atoms with Crippen molar-refractivity contribution in [1.82, 2.24) is 10.2 Å². The van der Waals surface area contributed by atoms with E-state index in [0.29, 0.717) is 11.4 Å². The maximum atomic E-state index is 11.9. The van der Waals surface area contributed by atoms with E-state index in [-0.39, 0.29) is 5.91 Å². The van der Waals surface area contributed by atoms with Crippen molar-refractivity contribution in [2.75, 3.05) is 5.32 Å². The normalized spacial score (nSPS) is 10.3. The fourth-order valence-corrected chi connectivity index (χ4v) is 2.41. The highest BCUT2D eigenvalue weighted by Crippen LogP contribution is 2.24. The van der Waals surface area contributed by atoms with Gasteiger partial charge in [0.15, 0.2) is 5.82 Å². The molecule has 3 rings (SSSR count). The highest BCUT2D eigenvalue weighted by atomic mass is 32.1. The molecule has 1 amide bonds. The van der Waals surface area contributed by atoms with Crippen LogP contribution in [-0.4, -0.2) is 16.1 Å². The largest absolute Gasteiger partial charge is 0.305 e. The van der Waals surface area contributed by atoms with Gasteiger partial charge in [0.05, 0.1) is 10.6 Å². The standard InChI is InChI=1S/C14H11N3OS/c18-14(10-5-2-1-3-6-10)15-13-9-11(16-17-13)12-7-4-8-19-12/h1-9H,(H2,15,16,17,18). The van der Waals surface area contributed by atoms with Gasteiger partial charge in [-0.05, 0) is 23.6 Å². The number of hydrogen-bond donors (Lipinski definition) is 2. The van der Waals surface area contributed by atoms with Gasteiger partial charge in [-0.2, -0.15) is 5.10 Å². The lowest BCUT2D eigenvalue weighted by Gasteiger charge is -2.00. The third-order valence-electron chi connectivity index (χ3n) is 2.64. The van der Waals surface area contributed by atoms with E-state index < -0.39 is 0 Å². The van der Waals surface area contributed by atoms with E-state index >= 15 is 0 Å². The minimum absolute atomic E-state index is 0.162. The molecule has 19 heavy (non-hydrogen) atoms. The molecule has 0 radical (unpaired) electrons. The molecule has 0 aliphatic rings. The van der Waals surface area contributed by atoms with E-state index in [9.17, 15) is 4.79 Å². The molecule has 0 bridgehead atoms. The second kappa shape index (κ2) is 5.07. The van der Waals surface area contributed by atoms with Crippen molar-refractivity contribution in [3.63, 3.8) is 0 Å². The smallest absolute Gasteiger partial charge is 0.256 e. The minimum Gasteiger partial charge on any atom is -0.305 e. The highest BCUT2D eigenvalue weighted by Gasteiger charge is 2.09. The summed E-state index contributed by atoms with van der Waals surface area (Å²) in [7, 11) is 0. The second-order valence-corrected chi connectivity index (χ2v) is 4.91. The van der Waals surface area contributed by atoms with Crippen LogP contribution in [0.5, 0.6) is 0 Å². The van der Waals surface area contributed by atoms with Gasteiger partial charge in [0.1, 0.15) is 0 Å². The molecule has 94 valence electrons. The van der Waals surface area contributed by atoms with Gasteiger partial charge >= 0.3 is 0 Å². The molecule has 0 saturated carbocycles. The Kier molecular flexibility index (Phi) is 3.12. The monoisotopic (exact) mass is 269 g/mol. The van der Waals surface area contributed by atoms with Crippen LogP contribution in [0.3, 0.4) is 0 Å². The summed E-state index contributed by atoms with van der Waals surface area (Å²) in [6.45, 7) is 0. The lowest BCUT2D eigenvalue weighted by molar-refractivity contribution is 0.102. The number of H-pyrrole nitrogens is 1. The van der Waals surface area contributed by atoms with Crippen molar-refractivity contribution in [3.8, 4) is 10.6 Å². The lowest BCUT2D eigenvalue weighted by Crippen LogP contribution is -2.11. The summed E-state index contributed by atoms with van der Waals surface area (Å²) in [5.41, 5.74) is 1.52. The number of anilines is 1. The van der Waals surface area contributed by atoms with Crippen LogP contribution in [0.2, 0.25) is 0 Å². The summed E-state index contributed by atoms with van der Waals surface area (Å²) in [4.78, 5) is 13.0. The van der Waals surface area contributed by atoms with Crippen LogP contribution in [-0.2, 0) is 0 Å². The SMILES string of the molecule is O=C(Nc1cc(-c2cccs2)[nH]n1)c1ccccc1. The van der Waals surface area contributed by atoms with Crippen LogP contribution >= 0.6 is 11.3 Å². The first-order valence-electron chi connectivity index (χ1n) is 5.78. The predicted molar refractivity (Wildman–Crippen MR) is 76.3 cm³/mol. The van der Waals surface area contributed by atoms with Gasteiger partial charge in [-0.25, -0.2) is 0 Å². The van der Waals surface area contributed by atoms with Crippen LogP contribution in [0.1, 0.15) is 10.4 Å². The molecule has 0 aliphatic carbocycles. The molecule has 0 spiro atoms. The zero-order valence-corrected chi connectivity index (χ0v) is 10.8. The van der Waals surface area contributed by atoms with Crippen molar-refractivity contribution in [1.29, 1.82) is 0 Å². The Morgan fingerprint density at radius 3 is 2.74 bits per heavy atom. The fraction of sp³-hybridized carbons (Fsp3) is 0. The average Bonchev–Trinajstić information content (AvgIpc) is 3.10. The molecular weight excluding hydrogens is 258 g/mol. The van der Waals surface area contributed by atoms with E-state index in [1.165, 1.54) is 0 Å². The van der Waals surface area contributed by atoms with Crippen molar-refractivity contribution in [2.45, 2.75) is 0 Å². The van der Waals surface area contributed by atoms with E-state index in [1.54, 1.807) is 23.5 Å². The molecule has 5 heteroatoms. The van der Waals surface area contributed by atoms with Crippen LogP contribution in [0, 0.1) is 0 Å². The van der Waals surface area contributed by atoms with Crippen LogP contribution < -0.4 is 5.32 Å². The van der Waals surface area contributed by atoms with Crippen molar-refractivity contribution in [3.05, 3.63) is 59.5 Å². The van der Waals surface area contributed by atoms with Gasteiger partial charge in [0.25, 0.3) is 5.91 Å². The number of thiophene rings is 1. The summed E-state index contributed by atoms with van der Waals surface area (Å²) < 4.78 is 0. The summed E-state index contributed by atoms with van der Waals surface area (Å²) >= 11 is 1.62. The van der Waals surface area contributed by atoms with Crippen molar-refractivity contribution in [2.24, 2.45) is 0 Å². The Morgan fingerprint density at radius 1 is 1.16 bits per heavy atom. The molecule has 4 nitrogen and oxygen atoms in total. The molecule has 1 aromatic carbocycles. The van der Waals surface area contributed by atoms with E-state index in [1.807, 2.05) is 41.8 Å². The fourth-order valence-electron chi connectivity index (χ4n) is 1.72. The number of carbonyl (C=O) groups is 1. The average molecular weight is 269 g/mol. The van der Waals surface area contributed by atoms with Gasteiger partial charge in [0, 0.05) is 11.6 Å². The van der Waals surface area contributed by atoms with Gasteiger partial charge in [-0.3, -0.25) is 9.89 Å². The zero-order chi connectivity index (χ0) is 13.1. The first-order valence-corrected chi connectivity index (χ1v) is 6.66. The summed E-state index contributed by atoms with van der Waals surface area (Å²) in [5.74, 6) is 0.363. The predicted octanol–water partition coefficient (Wildman–Crippen LogP) is 3.39. The van der Waals surface area contributed by atoms with E-state index in [4.69, 9.17) is 0 Å². The second-order valence-electron chi connectivity index (χ2n) is 3.96. The Hall–Kier alpha value is -2.40. The summed E-state index contributed by atoms with van der Waals surface area (Å²) in [6.07, 6.45) is 0. The van der Waals surface area contributed by atoms with Gasteiger partial charge in [-0.15, -0.1) is 11.3 Å². The molecule has 0 atom stereocenters. The molecule has 0 saturated heterocycles. The number of hydrogen-bond acceptors (Lipinski definition) is 3. The zero-order valence-electron chi connectivity index (χ0n) is 9.96. The first-order chi connectivity index (χ1) is 9.33. The first kappa shape index (κ1) is 11.7. The van der Waals surface area contributed by atoms with Crippen LogP contribution in [0.15, 0.2) is 53.9 Å². The maximum Gasteiger partial charge on any atom is 0.256 e. The highest BCUT2D eigenvalue weighted by molar-refractivity contribution is 7.13. The number of rotatable bonds is 3. The third kappa shape index (κ3) is 2.56. The van der Waals surface area contributed by atoms with Crippen molar-refractivity contribution >= 4 is 23.1 Å². The molecule has 2 heterocycles. The number of nitrogens with one attached hydrogen (secondary N) is 2. The van der Waals surface area contributed by atoms with Gasteiger partial charge in [0.2, 0.25) is 0 Å². The molecule has 3 aromatic rings. The number of benzene rings is 1. The number of aromatic nitrogens is 2. The van der Waals surface area contributed by atoms with Crippen LogP contribution in [0.25, 0.3) is 10.6 Å². The van der Waals surface area contributed by atoms with Crippen molar-refractivity contribution < 1.29 is 4.79 Å². The van der Waals surface area contributed by atoms with Gasteiger partial charge < -0.3 is 5.32 Å². The topological polar surface area (TPSA) is 57.8 Å². The number of amides is 1. The van der Waals surface area contributed by atoms with Gasteiger partial charge in [-0.1, -0.05) is 24.3 Å². The number of nitrogens with zero attached hydrogens (tertiary/aromatic N) is 1. The minimum atomic E-state index is -0.162. The number of carbonyl (C=O) groups excluding carboxylic acids is 1. The Bertz CT molecular complexity index is 674. The Balaban J connectivity index is 1.76. The lowest BCUT2D eigenvalue weighted by atomic mass is 10.2.